The van der Waals surface area contributed by atoms with Crippen LogP contribution < -0.4 is 16.4 Å². The summed E-state index contributed by atoms with van der Waals surface area (Å²) in [5, 5.41) is 5.73. The van der Waals surface area contributed by atoms with E-state index in [1.165, 1.54) is 0 Å². The Kier molecular flexibility index (Phi) is 5.75. The number of benzene rings is 1. The van der Waals surface area contributed by atoms with Gasteiger partial charge in [-0.15, -0.1) is 0 Å². The molecule has 21 heavy (non-hydrogen) atoms. The first kappa shape index (κ1) is 15.5. The fourth-order valence-corrected chi connectivity index (χ4v) is 2.09. The maximum atomic E-state index is 11.8. The van der Waals surface area contributed by atoms with Crippen LogP contribution in [0.25, 0.3) is 0 Å². The van der Waals surface area contributed by atoms with E-state index in [4.69, 9.17) is 5.73 Å². The quantitative estimate of drug-likeness (QED) is 0.630. The average molecular weight is 289 g/mol. The van der Waals surface area contributed by atoms with Gasteiger partial charge < -0.3 is 16.4 Å². The van der Waals surface area contributed by atoms with E-state index in [-0.39, 0.29) is 24.3 Å². The van der Waals surface area contributed by atoms with Crippen molar-refractivity contribution in [2.45, 2.75) is 44.2 Å². The molecule has 1 atom stereocenters. The van der Waals surface area contributed by atoms with Crippen LogP contribution in [0.4, 0.5) is 0 Å². The Bertz CT molecular complexity index is 472. The SMILES string of the molecule is NC(CC(=O)NCCCC(=O)NC1CC1)c1ccccc1. The van der Waals surface area contributed by atoms with E-state index in [9.17, 15) is 9.59 Å². The van der Waals surface area contributed by atoms with Gasteiger partial charge in [0.05, 0.1) is 0 Å². The predicted octanol–water partition coefficient (Wildman–Crippen LogP) is 1.25. The van der Waals surface area contributed by atoms with Crippen molar-refractivity contribution in [3.8, 4) is 0 Å². The summed E-state index contributed by atoms with van der Waals surface area (Å²) in [5.74, 6) is 0.00156. The van der Waals surface area contributed by atoms with Crippen molar-refractivity contribution in [2.24, 2.45) is 5.73 Å². The minimum atomic E-state index is -0.288. The molecule has 1 aromatic carbocycles. The second kappa shape index (κ2) is 7.78. The molecule has 2 rings (SSSR count). The van der Waals surface area contributed by atoms with Gasteiger partial charge in [0, 0.05) is 31.5 Å². The molecule has 1 aromatic rings. The minimum absolute atomic E-state index is 0.0750. The highest BCUT2D eigenvalue weighted by Crippen LogP contribution is 2.18. The molecule has 5 nitrogen and oxygen atoms in total. The van der Waals surface area contributed by atoms with Crippen LogP contribution in [0.2, 0.25) is 0 Å². The molecule has 1 fully saturated rings. The standard InChI is InChI=1S/C16H23N3O2/c17-14(12-5-2-1-3-6-12)11-16(21)18-10-4-7-15(20)19-13-8-9-13/h1-3,5-6,13-14H,4,7-11,17H2,(H,18,21)(H,19,20). The Morgan fingerprint density at radius 1 is 1.19 bits per heavy atom. The highest BCUT2D eigenvalue weighted by Gasteiger charge is 2.22. The number of rotatable bonds is 8. The second-order valence-corrected chi connectivity index (χ2v) is 5.52. The zero-order valence-electron chi connectivity index (χ0n) is 12.2. The molecule has 1 aliphatic rings. The average Bonchev–Trinajstić information content (AvgIpc) is 3.28. The molecule has 1 saturated carbocycles. The molecule has 0 bridgehead atoms. The lowest BCUT2D eigenvalue weighted by atomic mass is 10.0. The maximum Gasteiger partial charge on any atom is 0.221 e. The van der Waals surface area contributed by atoms with Crippen LogP contribution in [0.15, 0.2) is 30.3 Å². The van der Waals surface area contributed by atoms with Crippen molar-refractivity contribution in [2.75, 3.05) is 6.54 Å². The monoisotopic (exact) mass is 289 g/mol. The fraction of sp³-hybridized carbons (Fsp3) is 0.500. The van der Waals surface area contributed by atoms with Crippen LogP contribution in [0, 0.1) is 0 Å². The number of hydrogen-bond donors (Lipinski definition) is 3. The van der Waals surface area contributed by atoms with E-state index < -0.39 is 0 Å². The van der Waals surface area contributed by atoms with Gasteiger partial charge in [-0.05, 0) is 24.8 Å². The summed E-state index contributed by atoms with van der Waals surface area (Å²) >= 11 is 0. The first-order chi connectivity index (χ1) is 10.1. The molecule has 1 aliphatic carbocycles. The molecule has 0 aliphatic heterocycles. The number of carbonyl (C=O) groups excluding carboxylic acids is 2. The van der Waals surface area contributed by atoms with Crippen molar-refractivity contribution < 1.29 is 9.59 Å². The number of carbonyl (C=O) groups is 2. The molecule has 1 unspecified atom stereocenters. The van der Waals surface area contributed by atoms with Gasteiger partial charge in [0.2, 0.25) is 11.8 Å². The molecule has 5 heteroatoms. The summed E-state index contributed by atoms with van der Waals surface area (Å²) in [5.41, 5.74) is 6.94. The minimum Gasteiger partial charge on any atom is -0.356 e. The van der Waals surface area contributed by atoms with Crippen LogP contribution in [0.1, 0.15) is 43.7 Å². The summed E-state index contributed by atoms with van der Waals surface area (Å²) < 4.78 is 0. The highest BCUT2D eigenvalue weighted by molar-refractivity contribution is 5.77. The maximum absolute atomic E-state index is 11.8. The Balaban J connectivity index is 1.57. The third-order valence-electron chi connectivity index (χ3n) is 3.48. The van der Waals surface area contributed by atoms with E-state index in [1.54, 1.807) is 0 Å². The molecule has 0 heterocycles. The predicted molar refractivity (Wildman–Crippen MR) is 81.4 cm³/mol. The van der Waals surface area contributed by atoms with Crippen LogP contribution in [-0.2, 0) is 9.59 Å². The lowest BCUT2D eigenvalue weighted by Gasteiger charge is -2.12. The van der Waals surface area contributed by atoms with Gasteiger partial charge in [0.1, 0.15) is 0 Å². The van der Waals surface area contributed by atoms with Crippen LogP contribution in [0.5, 0.6) is 0 Å². The van der Waals surface area contributed by atoms with Crippen molar-refractivity contribution in [1.29, 1.82) is 0 Å². The van der Waals surface area contributed by atoms with E-state index >= 15 is 0 Å². The van der Waals surface area contributed by atoms with Gasteiger partial charge in [-0.2, -0.15) is 0 Å². The molecule has 0 aromatic heterocycles. The zero-order chi connectivity index (χ0) is 15.1. The van der Waals surface area contributed by atoms with Gasteiger partial charge in [0.25, 0.3) is 0 Å². The van der Waals surface area contributed by atoms with Crippen molar-refractivity contribution in [3.63, 3.8) is 0 Å². The number of amides is 2. The van der Waals surface area contributed by atoms with Gasteiger partial charge in [0.15, 0.2) is 0 Å². The molecule has 0 saturated heterocycles. The molecule has 4 N–H and O–H groups in total. The van der Waals surface area contributed by atoms with Crippen molar-refractivity contribution in [1.82, 2.24) is 10.6 Å². The summed E-state index contributed by atoms with van der Waals surface area (Å²) in [6.07, 6.45) is 3.57. The first-order valence-electron chi connectivity index (χ1n) is 7.52. The Morgan fingerprint density at radius 3 is 2.57 bits per heavy atom. The molecular formula is C16H23N3O2. The zero-order valence-corrected chi connectivity index (χ0v) is 12.2. The summed E-state index contributed by atoms with van der Waals surface area (Å²) in [6.45, 7) is 0.512. The number of nitrogens with two attached hydrogens (primary N) is 1. The van der Waals surface area contributed by atoms with Gasteiger partial charge in [-0.3, -0.25) is 9.59 Å². The van der Waals surface area contributed by atoms with Gasteiger partial charge in [-0.1, -0.05) is 30.3 Å². The molecular weight excluding hydrogens is 266 g/mol. The molecule has 114 valence electrons. The highest BCUT2D eigenvalue weighted by atomic mass is 16.2. The lowest BCUT2D eigenvalue weighted by Crippen LogP contribution is -2.30. The normalized spacial score (nSPS) is 15.3. The first-order valence-corrected chi connectivity index (χ1v) is 7.52. The van der Waals surface area contributed by atoms with Crippen molar-refractivity contribution in [3.05, 3.63) is 35.9 Å². The fourth-order valence-electron chi connectivity index (χ4n) is 2.09. The van der Waals surface area contributed by atoms with Crippen LogP contribution in [-0.4, -0.2) is 24.4 Å². The van der Waals surface area contributed by atoms with E-state index in [1.807, 2.05) is 30.3 Å². The molecule has 0 spiro atoms. The summed E-state index contributed by atoms with van der Waals surface area (Å²) in [7, 11) is 0. The number of hydrogen-bond acceptors (Lipinski definition) is 3. The van der Waals surface area contributed by atoms with Crippen LogP contribution in [0.3, 0.4) is 0 Å². The summed E-state index contributed by atoms with van der Waals surface area (Å²) in [6, 6.07) is 9.68. The Morgan fingerprint density at radius 2 is 1.90 bits per heavy atom. The van der Waals surface area contributed by atoms with Crippen molar-refractivity contribution >= 4 is 11.8 Å². The lowest BCUT2D eigenvalue weighted by molar-refractivity contribution is -0.123. The second-order valence-electron chi connectivity index (χ2n) is 5.52. The van der Waals surface area contributed by atoms with E-state index in [0.29, 0.717) is 25.4 Å². The third kappa shape index (κ3) is 5.95. The molecule has 2 amide bonds. The topological polar surface area (TPSA) is 84.2 Å². The summed E-state index contributed by atoms with van der Waals surface area (Å²) in [4.78, 5) is 23.2. The van der Waals surface area contributed by atoms with Gasteiger partial charge in [-0.25, -0.2) is 0 Å². The number of nitrogens with one attached hydrogen (secondary N) is 2. The largest absolute Gasteiger partial charge is 0.356 e. The molecule has 0 radical (unpaired) electrons. The van der Waals surface area contributed by atoms with Gasteiger partial charge >= 0.3 is 0 Å². The smallest absolute Gasteiger partial charge is 0.221 e. The third-order valence-corrected chi connectivity index (χ3v) is 3.48. The van der Waals surface area contributed by atoms with E-state index in [2.05, 4.69) is 10.6 Å². The van der Waals surface area contributed by atoms with Crippen LogP contribution >= 0.6 is 0 Å². The Hall–Kier alpha value is -1.88. The van der Waals surface area contributed by atoms with E-state index in [0.717, 1.165) is 18.4 Å². The Labute approximate surface area is 125 Å².